The van der Waals surface area contributed by atoms with Crippen LogP contribution in [0.1, 0.15) is 39.5 Å². The van der Waals surface area contributed by atoms with Crippen molar-refractivity contribution in [2.45, 2.75) is 39.5 Å². The molecule has 0 rings (SSSR count). The molecular formula is C10H17. The van der Waals surface area contributed by atoms with Crippen molar-refractivity contribution in [1.29, 1.82) is 0 Å². The lowest BCUT2D eigenvalue weighted by Crippen LogP contribution is -1.80. The number of unbranched alkanes of at least 4 members (excludes halogenated alkanes) is 1. The van der Waals surface area contributed by atoms with Gasteiger partial charge < -0.3 is 0 Å². The van der Waals surface area contributed by atoms with Crippen LogP contribution in [-0.4, -0.2) is 0 Å². The summed E-state index contributed by atoms with van der Waals surface area (Å²) in [7, 11) is 0. The van der Waals surface area contributed by atoms with Crippen LogP contribution in [0, 0.1) is 6.58 Å². The molecule has 0 aromatic carbocycles. The van der Waals surface area contributed by atoms with E-state index in [1.807, 2.05) is 0 Å². The van der Waals surface area contributed by atoms with Crippen LogP contribution >= 0.6 is 0 Å². The highest BCUT2D eigenvalue weighted by Gasteiger charge is 1.90. The van der Waals surface area contributed by atoms with Gasteiger partial charge in [-0.2, -0.15) is 0 Å². The average Bonchev–Trinajstić information content (AvgIpc) is 1.99. The Kier molecular flexibility index (Phi) is 6.25. The lowest BCUT2D eigenvalue weighted by Gasteiger charge is -2.00. The summed E-state index contributed by atoms with van der Waals surface area (Å²) in [6.45, 7) is 9.55. The Labute approximate surface area is 64.6 Å². The number of rotatable bonds is 5. The van der Waals surface area contributed by atoms with E-state index >= 15 is 0 Å². The van der Waals surface area contributed by atoms with Gasteiger partial charge in [0.05, 0.1) is 0 Å². The second kappa shape index (κ2) is 6.60. The Hall–Kier alpha value is -0.520. The molecule has 0 aliphatic carbocycles. The van der Waals surface area contributed by atoms with Crippen molar-refractivity contribution in [3.63, 3.8) is 0 Å². The summed E-state index contributed by atoms with van der Waals surface area (Å²) in [5.41, 5.74) is 1.54. The molecule has 0 aromatic heterocycles. The summed E-state index contributed by atoms with van der Waals surface area (Å²) in [6.07, 6.45) is 8.57. The summed E-state index contributed by atoms with van der Waals surface area (Å²) >= 11 is 0. The third kappa shape index (κ3) is 4.37. The molecule has 0 saturated carbocycles. The maximum atomic E-state index is 5.25. The Balaban J connectivity index is 3.36. The molecule has 0 amide bonds. The van der Waals surface area contributed by atoms with E-state index in [9.17, 15) is 0 Å². The number of hydrogen-bond donors (Lipinski definition) is 0. The molecule has 1 radical (unpaired) electrons. The predicted molar refractivity (Wildman–Crippen MR) is 46.8 cm³/mol. The molecule has 0 atom stereocenters. The second-order valence-corrected chi connectivity index (χ2v) is 2.43. The monoisotopic (exact) mass is 137 g/mol. The molecule has 10 heavy (non-hydrogen) atoms. The normalized spacial score (nSPS) is 11.6. The molecule has 0 unspecified atom stereocenters. The zero-order chi connectivity index (χ0) is 7.82. The molecule has 0 aliphatic heterocycles. The van der Waals surface area contributed by atoms with Crippen molar-refractivity contribution in [2.24, 2.45) is 0 Å². The van der Waals surface area contributed by atoms with Gasteiger partial charge in [-0.25, -0.2) is 0 Å². The van der Waals surface area contributed by atoms with Crippen LogP contribution < -0.4 is 0 Å². The molecule has 0 bridgehead atoms. The van der Waals surface area contributed by atoms with Gasteiger partial charge in [0.1, 0.15) is 0 Å². The van der Waals surface area contributed by atoms with E-state index in [-0.39, 0.29) is 0 Å². The van der Waals surface area contributed by atoms with E-state index in [0.717, 1.165) is 6.42 Å². The zero-order valence-corrected chi connectivity index (χ0v) is 7.06. The highest BCUT2D eigenvalue weighted by Crippen LogP contribution is 2.10. The van der Waals surface area contributed by atoms with Crippen LogP contribution in [0.2, 0.25) is 0 Å². The quantitative estimate of drug-likeness (QED) is 0.402. The maximum Gasteiger partial charge on any atom is -0.0318 e. The smallest absolute Gasteiger partial charge is 0.0318 e. The third-order valence-electron chi connectivity index (χ3n) is 1.73. The second-order valence-electron chi connectivity index (χ2n) is 2.43. The molecule has 0 saturated heterocycles. The number of hydrogen-bond acceptors (Lipinski definition) is 0. The first-order chi connectivity index (χ1) is 4.85. The van der Waals surface area contributed by atoms with Crippen molar-refractivity contribution in [3.8, 4) is 0 Å². The summed E-state index contributed by atoms with van der Waals surface area (Å²) in [6, 6.07) is 0. The van der Waals surface area contributed by atoms with Gasteiger partial charge in [0.15, 0.2) is 0 Å². The molecule has 0 heterocycles. The largest absolute Gasteiger partial charge is 0.0885 e. The van der Waals surface area contributed by atoms with E-state index < -0.39 is 0 Å². The molecule has 0 nitrogen and oxygen atoms in total. The summed E-state index contributed by atoms with van der Waals surface area (Å²) in [5, 5.41) is 0. The number of allylic oxidation sites excluding steroid dienone is 3. The first-order valence-corrected chi connectivity index (χ1v) is 4.02. The van der Waals surface area contributed by atoms with Crippen LogP contribution in [0.25, 0.3) is 0 Å². The Morgan fingerprint density at radius 3 is 2.60 bits per heavy atom. The maximum absolute atomic E-state index is 5.25. The minimum Gasteiger partial charge on any atom is -0.0885 e. The van der Waals surface area contributed by atoms with E-state index in [1.165, 1.54) is 19.3 Å². The first kappa shape index (κ1) is 9.48. The Bertz CT molecular complexity index is 109. The van der Waals surface area contributed by atoms with E-state index in [0.29, 0.717) is 0 Å². The average molecular weight is 137 g/mol. The van der Waals surface area contributed by atoms with Gasteiger partial charge in [-0.15, -0.1) is 0 Å². The van der Waals surface area contributed by atoms with Crippen molar-refractivity contribution in [1.82, 2.24) is 0 Å². The molecule has 0 spiro atoms. The molecular weight excluding hydrogens is 120 g/mol. The summed E-state index contributed by atoms with van der Waals surface area (Å²) < 4.78 is 0. The minimum absolute atomic E-state index is 1.04. The van der Waals surface area contributed by atoms with Crippen molar-refractivity contribution < 1.29 is 0 Å². The van der Waals surface area contributed by atoms with Crippen LogP contribution in [0.3, 0.4) is 0 Å². The van der Waals surface area contributed by atoms with Gasteiger partial charge in [0.25, 0.3) is 0 Å². The predicted octanol–water partition coefficient (Wildman–Crippen LogP) is 3.50. The molecule has 0 aromatic rings. The highest BCUT2D eigenvalue weighted by molar-refractivity contribution is 4.98. The van der Waals surface area contributed by atoms with Crippen LogP contribution in [0.5, 0.6) is 0 Å². The SMILES string of the molecule is [CH]=CCCCC(=CC)CC. The lowest BCUT2D eigenvalue weighted by atomic mass is 10.1. The van der Waals surface area contributed by atoms with E-state index in [4.69, 9.17) is 6.58 Å². The minimum atomic E-state index is 1.04. The van der Waals surface area contributed by atoms with Crippen molar-refractivity contribution in [2.75, 3.05) is 0 Å². The van der Waals surface area contributed by atoms with Crippen LogP contribution in [0.4, 0.5) is 0 Å². The van der Waals surface area contributed by atoms with E-state index in [2.05, 4.69) is 19.9 Å². The van der Waals surface area contributed by atoms with Gasteiger partial charge in [0.2, 0.25) is 0 Å². The van der Waals surface area contributed by atoms with Gasteiger partial charge in [-0.1, -0.05) is 31.2 Å². The molecule has 57 valence electrons. The van der Waals surface area contributed by atoms with Crippen LogP contribution in [0.15, 0.2) is 17.7 Å². The fourth-order valence-corrected chi connectivity index (χ4v) is 0.972. The van der Waals surface area contributed by atoms with Gasteiger partial charge in [-0.05, 0) is 32.6 Å². The van der Waals surface area contributed by atoms with E-state index in [1.54, 1.807) is 11.6 Å². The zero-order valence-electron chi connectivity index (χ0n) is 7.06. The molecule has 0 fully saturated rings. The molecule has 0 N–H and O–H groups in total. The Morgan fingerprint density at radius 1 is 1.50 bits per heavy atom. The van der Waals surface area contributed by atoms with Gasteiger partial charge in [-0.3, -0.25) is 0 Å². The van der Waals surface area contributed by atoms with Gasteiger partial charge in [0, 0.05) is 0 Å². The highest BCUT2D eigenvalue weighted by atomic mass is 14.0. The standard InChI is InChI=1S/C10H17/c1-4-7-8-9-10(5-2)6-3/h1,4-5H,6-9H2,2-3H3. The third-order valence-corrected chi connectivity index (χ3v) is 1.73. The summed E-state index contributed by atoms with van der Waals surface area (Å²) in [4.78, 5) is 0. The van der Waals surface area contributed by atoms with Crippen molar-refractivity contribution in [3.05, 3.63) is 24.3 Å². The lowest BCUT2D eigenvalue weighted by molar-refractivity contribution is 0.802. The Morgan fingerprint density at radius 2 is 2.20 bits per heavy atom. The first-order valence-electron chi connectivity index (χ1n) is 4.02. The fraction of sp³-hybridized carbons (Fsp3) is 0.600. The summed E-state index contributed by atoms with van der Waals surface area (Å²) in [5.74, 6) is 0. The van der Waals surface area contributed by atoms with Crippen LogP contribution in [-0.2, 0) is 0 Å². The van der Waals surface area contributed by atoms with Gasteiger partial charge >= 0.3 is 0 Å². The topological polar surface area (TPSA) is 0 Å². The molecule has 0 aliphatic rings. The van der Waals surface area contributed by atoms with Crippen molar-refractivity contribution >= 4 is 0 Å². The fourth-order valence-electron chi connectivity index (χ4n) is 0.972. The molecule has 0 heteroatoms.